The topological polar surface area (TPSA) is 56.8 Å². The maximum absolute atomic E-state index is 12.5. The van der Waals surface area contributed by atoms with Gasteiger partial charge in [-0.2, -0.15) is 0 Å². The van der Waals surface area contributed by atoms with Crippen LogP contribution in [0, 0.1) is 13.8 Å². The highest BCUT2D eigenvalue weighted by atomic mass is 16.6. The van der Waals surface area contributed by atoms with Crippen LogP contribution in [0.15, 0.2) is 36.4 Å². The third kappa shape index (κ3) is 3.93. The molecule has 0 radical (unpaired) electrons. The largest absolute Gasteiger partial charge is 0.486 e. The highest BCUT2D eigenvalue weighted by molar-refractivity contribution is 5.81. The molecule has 26 heavy (non-hydrogen) atoms. The van der Waals surface area contributed by atoms with Crippen LogP contribution >= 0.6 is 0 Å². The van der Waals surface area contributed by atoms with E-state index in [1.807, 2.05) is 57.2 Å². The molecule has 0 aliphatic carbocycles. The molecule has 2 aromatic rings. The second-order valence-corrected chi connectivity index (χ2v) is 6.59. The first-order valence-corrected chi connectivity index (χ1v) is 8.88. The summed E-state index contributed by atoms with van der Waals surface area (Å²) in [5.74, 6) is 2.03. The molecule has 1 aliphatic heterocycles. The first-order valence-electron chi connectivity index (χ1n) is 8.88. The summed E-state index contributed by atoms with van der Waals surface area (Å²) in [6.07, 6.45) is -0.588. The standard InChI is InChI=1S/C21H25NO4/c1-13-6-5-7-18(14(13)2)26-16(4)21(23)22-15(3)17-8-9-19-20(12-17)25-11-10-24-19/h5-9,12,15-16H,10-11H2,1-4H3,(H,22,23)/t15-,16-/m1/s1. The monoisotopic (exact) mass is 355 g/mol. The molecule has 5 nitrogen and oxygen atoms in total. The highest BCUT2D eigenvalue weighted by Crippen LogP contribution is 2.32. The Balaban J connectivity index is 1.64. The van der Waals surface area contributed by atoms with Gasteiger partial charge >= 0.3 is 0 Å². The molecular formula is C21H25NO4. The van der Waals surface area contributed by atoms with Gasteiger partial charge in [-0.1, -0.05) is 18.2 Å². The molecule has 0 aromatic heterocycles. The van der Waals surface area contributed by atoms with Gasteiger partial charge in [0.1, 0.15) is 19.0 Å². The zero-order valence-electron chi connectivity index (χ0n) is 15.7. The lowest BCUT2D eigenvalue weighted by Crippen LogP contribution is -2.37. The highest BCUT2D eigenvalue weighted by Gasteiger charge is 2.20. The summed E-state index contributed by atoms with van der Waals surface area (Å²) >= 11 is 0. The van der Waals surface area contributed by atoms with Gasteiger partial charge < -0.3 is 19.5 Å². The van der Waals surface area contributed by atoms with Crippen molar-refractivity contribution in [3.8, 4) is 17.2 Å². The summed E-state index contributed by atoms with van der Waals surface area (Å²) in [7, 11) is 0. The number of hydrogen-bond donors (Lipinski definition) is 1. The zero-order valence-corrected chi connectivity index (χ0v) is 15.7. The normalized spacial score (nSPS) is 15.1. The van der Waals surface area contributed by atoms with Crippen molar-refractivity contribution in [3.63, 3.8) is 0 Å². The lowest BCUT2D eigenvalue weighted by atomic mass is 10.1. The smallest absolute Gasteiger partial charge is 0.261 e. The molecule has 2 aromatic carbocycles. The quantitative estimate of drug-likeness (QED) is 0.888. The first kappa shape index (κ1) is 18.1. The fraction of sp³-hybridized carbons (Fsp3) is 0.381. The number of benzene rings is 2. The molecule has 5 heteroatoms. The maximum atomic E-state index is 12.5. The molecule has 0 saturated heterocycles. The zero-order chi connectivity index (χ0) is 18.7. The molecule has 1 amide bonds. The van der Waals surface area contributed by atoms with Crippen molar-refractivity contribution >= 4 is 5.91 Å². The van der Waals surface area contributed by atoms with Crippen LogP contribution in [-0.2, 0) is 4.79 Å². The number of nitrogens with one attached hydrogen (secondary N) is 1. The van der Waals surface area contributed by atoms with Crippen molar-refractivity contribution in [2.24, 2.45) is 0 Å². The molecule has 0 fully saturated rings. The summed E-state index contributed by atoms with van der Waals surface area (Å²) in [5.41, 5.74) is 3.15. The van der Waals surface area contributed by atoms with Gasteiger partial charge in [0.15, 0.2) is 17.6 Å². The van der Waals surface area contributed by atoms with Crippen molar-refractivity contribution < 1.29 is 19.0 Å². The summed E-state index contributed by atoms with van der Waals surface area (Å²) in [6.45, 7) is 8.81. The third-order valence-corrected chi connectivity index (χ3v) is 4.65. The minimum Gasteiger partial charge on any atom is -0.486 e. The number of rotatable bonds is 5. The van der Waals surface area contributed by atoms with Gasteiger partial charge in [0.25, 0.3) is 5.91 Å². The molecule has 138 valence electrons. The maximum Gasteiger partial charge on any atom is 0.261 e. The molecule has 1 aliphatic rings. The SMILES string of the molecule is Cc1cccc(O[C@H](C)C(=O)N[C@H](C)c2ccc3c(c2)OCCO3)c1C. The molecule has 0 bridgehead atoms. The molecule has 0 unspecified atom stereocenters. The van der Waals surface area contributed by atoms with Gasteiger partial charge in [0.2, 0.25) is 0 Å². The summed E-state index contributed by atoms with van der Waals surface area (Å²) in [4.78, 5) is 12.5. The van der Waals surface area contributed by atoms with Crippen LogP contribution in [-0.4, -0.2) is 25.2 Å². The third-order valence-electron chi connectivity index (χ3n) is 4.65. The van der Waals surface area contributed by atoms with Crippen LogP contribution in [0.3, 0.4) is 0 Å². The van der Waals surface area contributed by atoms with E-state index in [0.717, 1.165) is 33.9 Å². The van der Waals surface area contributed by atoms with Crippen molar-refractivity contribution in [1.82, 2.24) is 5.32 Å². The average molecular weight is 355 g/mol. The molecule has 1 heterocycles. The van der Waals surface area contributed by atoms with Crippen LogP contribution in [0.5, 0.6) is 17.2 Å². The fourth-order valence-corrected chi connectivity index (χ4v) is 2.84. The van der Waals surface area contributed by atoms with E-state index in [-0.39, 0.29) is 11.9 Å². The first-order chi connectivity index (χ1) is 12.5. The molecule has 0 saturated carbocycles. The predicted octanol–water partition coefficient (Wildman–Crippen LogP) is 3.72. The molecule has 2 atom stereocenters. The summed E-state index contributed by atoms with van der Waals surface area (Å²) in [6, 6.07) is 11.4. The second kappa shape index (κ2) is 7.68. The molecular weight excluding hydrogens is 330 g/mol. The molecule has 0 spiro atoms. The Morgan fingerprint density at radius 3 is 2.58 bits per heavy atom. The van der Waals surface area contributed by atoms with E-state index in [0.29, 0.717) is 13.2 Å². The summed E-state index contributed by atoms with van der Waals surface area (Å²) in [5, 5.41) is 3.00. The Morgan fingerprint density at radius 2 is 1.81 bits per heavy atom. The number of carbonyl (C=O) groups is 1. The van der Waals surface area contributed by atoms with E-state index in [1.165, 1.54) is 0 Å². The van der Waals surface area contributed by atoms with Gasteiger partial charge in [-0.15, -0.1) is 0 Å². The minimum absolute atomic E-state index is 0.159. The van der Waals surface area contributed by atoms with E-state index >= 15 is 0 Å². The Morgan fingerprint density at radius 1 is 1.08 bits per heavy atom. The molecule has 3 rings (SSSR count). The number of hydrogen-bond acceptors (Lipinski definition) is 4. The lowest BCUT2D eigenvalue weighted by Gasteiger charge is -2.22. The van der Waals surface area contributed by atoms with E-state index in [2.05, 4.69) is 5.32 Å². The van der Waals surface area contributed by atoms with E-state index in [4.69, 9.17) is 14.2 Å². The van der Waals surface area contributed by atoms with Crippen molar-refractivity contribution in [1.29, 1.82) is 0 Å². The van der Waals surface area contributed by atoms with E-state index in [9.17, 15) is 4.79 Å². The van der Waals surface area contributed by atoms with Crippen LogP contribution in [0.4, 0.5) is 0 Å². The number of fused-ring (bicyclic) bond motifs is 1. The molecule has 1 N–H and O–H groups in total. The minimum atomic E-state index is -0.588. The number of aryl methyl sites for hydroxylation is 1. The van der Waals surface area contributed by atoms with Gasteiger partial charge in [0.05, 0.1) is 6.04 Å². The summed E-state index contributed by atoms with van der Waals surface area (Å²) < 4.78 is 17.0. The van der Waals surface area contributed by atoms with Gasteiger partial charge in [0, 0.05) is 0 Å². The lowest BCUT2D eigenvalue weighted by molar-refractivity contribution is -0.127. The Kier molecular flexibility index (Phi) is 5.35. The Hall–Kier alpha value is -2.69. The van der Waals surface area contributed by atoms with Crippen LogP contribution < -0.4 is 19.5 Å². The predicted molar refractivity (Wildman–Crippen MR) is 100.0 cm³/mol. The van der Waals surface area contributed by atoms with Gasteiger partial charge in [-0.3, -0.25) is 4.79 Å². The van der Waals surface area contributed by atoms with E-state index < -0.39 is 6.10 Å². The van der Waals surface area contributed by atoms with Gasteiger partial charge in [-0.05, 0) is 62.6 Å². The average Bonchev–Trinajstić information content (AvgIpc) is 2.64. The number of amides is 1. The van der Waals surface area contributed by atoms with Crippen LogP contribution in [0.1, 0.15) is 36.6 Å². The van der Waals surface area contributed by atoms with Crippen LogP contribution in [0.25, 0.3) is 0 Å². The van der Waals surface area contributed by atoms with Crippen molar-refractivity contribution in [2.45, 2.75) is 39.8 Å². The second-order valence-electron chi connectivity index (χ2n) is 6.59. The van der Waals surface area contributed by atoms with Crippen molar-refractivity contribution in [2.75, 3.05) is 13.2 Å². The number of carbonyl (C=O) groups excluding carboxylic acids is 1. The number of ether oxygens (including phenoxy) is 3. The Bertz CT molecular complexity index is 803. The Labute approximate surface area is 154 Å². The van der Waals surface area contributed by atoms with Crippen LogP contribution in [0.2, 0.25) is 0 Å². The van der Waals surface area contributed by atoms with E-state index in [1.54, 1.807) is 6.92 Å². The van der Waals surface area contributed by atoms with Gasteiger partial charge in [-0.25, -0.2) is 0 Å². The van der Waals surface area contributed by atoms with Crippen molar-refractivity contribution in [3.05, 3.63) is 53.1 Å². The fourth-order valence-electron chi connectivity index (χ4n) is 2.84.